The van der Waals surface area contributed by atoms with Crippen molar-refractivity contribution in [1.29, 1.82) is 0 Å². The highest BCUT2D eigenvalue weighted by Crippen LogP contribution is 2.16. The van der Waals surface area contributed by atoms with E-state index >= 15 is 0 Å². The lowest BCUT2D eigenvalue weighted by Gasteiger charge is -2.13. The van der Waals surface area contributed by atoms with E-state index in [9.17, 15) is 14.9 Å². The van der Waals surface area contributed by atoms with Crippen molar-refractivity contribution in [2.24, 2.45) is 0 Å². The van der Waals surface area contributed by atoms with E-state index in [1.807, 2.05) is 0 Å². The maximum atomic E-state index is 10.9. The molecule has 0 heterocycles. The first-order valence-electron chi connectivity index (χ1n) is 4.63. The molecule has 16 heavy (non-hydrogen) atoms. The standard InChI is InChI=1S/C10H11ClN2O3/c1-7(14)12-10(6-13(15)16)8-2-4-9(11)5-3-8/h2-5,10H,6H2,1H3,(H,12,14)/t10-/m0/s1. The molecule has 86 valence electrons. The highest BCUT2D eigenvalue weighted by Gasteiger charge is 2.18. The quantitative estimate of drug-likeness (QED) is 0.646. The fraction of sp³-hybridized carbons (Fsp3) is 0.300. The summed E-state index contributed by atoms with van der Waals surface area (Å²) in [5, 5.41) is 13.5. The molecule has 1 aromatic carbocycles. The number of rotatable bonds is 4. The molecule has 0 bridgehead atoms. The van der Waals surface area contributed by atoms with Gasteiger partial charge in [0.15, 0.2) is 0 Å². The molecule has 1 atom stereocenters. The summed E-state index contributed by atoms with van der Waals surface area (Å²) in [7, 11) is 0. The Balaban J connectivity index is 2.86. The molecule has 0 unspecified atom stereocenters. The van der Waals surface area contributed by atoms with E-state index in [0.29, 0.717) is 10.6 Å². The zero-order chi connectivity index (χ0) is 12.1. The molecule has 0 saturated carbocycles. The van der Waals surface area contributed by atoms with Crippen molar-refractivity contribution in [3.8, 4) is 0 Å². The third-order valence-electron chi connectivity index (χ3n) is 1.98. The highest BCUT2D eigenvalue weighted by atomic mass is 35.5. The van der Waals surface area contributed by atoms with Gasteiger partial charge in [-0.1, -0.05) is 23.7 Å². The van der Waals surface area contributed by atoms with Crippen molar-refractivity contribution >= 4 is 17.5 Å². The molecular weight excluding hydrogens is 232 g/mol. The van der Waals surface area contributed by atoms with Crippen molar-refractivity contribution in [2.75, 3.05) is 6.54 Å². The number of nitrogens with one attached hydrogen (secondary N) is 1. The Bertz CT molecular complexity index is 376. The Kier molecular flexibility index (Phi) is 4.25. The molecular formula is C10H11ClN2O3. The fourth-order valence-electron chi connectivity index (χ4n) is 1.32. The van der Waals surface area contributed by atoms with Crippen LogP contribution in [0, 0.1) is 10.1 Å². The van der Waals surface area contributed by atoms with Crippen LogP contribution in [0.5, 0.6) is 0 Å². The highest BCUT2D eigenvalue weighted by molar-refractivity contribution is 6.30. The molecule has 1 aromatic rings. The van der Waals surface area contributed by atoms with Crippen LogP contribution in [0.25, 0.3) is 0 Å². The van der Waals surface area contributed by atoms with Crippen LogP contribution in [0.15, 0.2) is 24.3 Å². The normalized spacial score (nSPS) is 11.9. The third kappa shape index (κ3) is 3.86. The van der Waals surface area contributed by atoms with Gasteiger partial charge in [-0.15, -0.1) is 0 Å². The minimum Gasteiger partial charge on any atom is -0.343 e. The molecule has 0 spiro atoms. The fourth-order valence-corrected chi connectivity index (χ4v) is 1.45. The summed E-state index contributed by atoms with van der Waals surface area (Å²) in [4.78, 5) is 20.9. The van der Waals surface area contributed by atoms with Crippen molar-refractivity contribution in [3.63, 3.8) is 0 Å². The van der Waals surface area contributed by atoms with E-state index in [4.69, 9.17) is 11.6 Å². The Labute approximate surface area is 97.6 Å². The number of carbonyl (C=O) groups is 1. The summed E-state index contributed by atoms with van der Waals surface area (Å²) in [6.45, 7) is 0.976. The number of benzene rings is 1. The van der Waals surface area contributed by atoms with Crippen molar-refractivity contribution in [3.05, 3.63) is 45.0 Å². The third-order valence-corrected chi connectivity index (χ3v) is 2.23. The summed E-state index contributed by atoms with van der Waals surface area (Å²) in [6.07, 6.45) is 0. The van der Waals surface area contributed by atoms with E-state index in [2.05, 4.69) is 5.32 Å². The molecule has 0 aliphatic rings. The van der Waals surface area contributed by atoms with Crippen LogP contribution < -0.4 is 5.32 Å². The number of nitro groups is 1. The lowest BCUT2D eigenvalue weighted by Crippen LogP contribution is -2.31. The van der Waals surface area contributed by atoms with Crippen molar-refractivity contribution in [2.45, 2.75) is 13.0 Å². The summed E-state index contributed by atoms with van der Waals surface area (Å²) in [5.74, 6) is -0.304. The van der Waals surface area contributed by atoms with Gasteiger partial charge in [-0.05, 0) is 17.7 Å². The second-order valence-corrected chi connectivity index (χ2v) is 3.76. The monoisotopic (exact) mass is 242 g/mol. The van der Waals surface area contributed by atoms with Gasteiger partial charge >= 0.3 is 0 Å². The molecule has 0 aromatic heterocycles. The van der Waals surface area contributed by atoms with Gasteiger partial charge in [0, 0.05) is 16.9 Å². The zero-order valence-electron chi connectivity index (χ0n) is 8.64. The number of halogens is 1. The Morgan fingerprint density at radius 1 is 1.50 bits per heavy atom. The van der Waals surface area contributed by atoms with Crippen LogP contribution in [-0.4, -0.2) is 17.4 Å². The topological polar surface area (TPSA) is 72.2 Å². The predicted molar refractivity (Wildman–Crippen MR) is 59.9 cm³/mol. The second kappa shape index (κ2) is 5.46. The molecule has 0 aliphatic carbocycles. The average Bonchev–Trinajstić information content (AvgIpc) is 2.16. The number of nitrogens with zero attached hydrogens (tertiary/aromatic N) is 1. The molecule has 1 amide bonds. The summed E-state index contributed by atoms with van der Waals surface area (Å²) in [5.41, 5.74) is 0.663. The smallest absolute Gasteiger partial charge is 0.227 e. The van der Waals surface area contributed by atoms with E-state index < -0.39 is 11.0 Å². The summed E-state index contributed by atoms with van der Waals surface area (Å²) >= 11 is 5.71. The molecule has 0 saturated heterocycles. The van der Waals surface area contributed by atoms with Gasteiger partial charge in [0.25, 0.3) is 0 Å². The largest absolute Gasteiger partial charge is 0.343 e. The van der Waals surface area contributed by atoms with E-state index in [1.165, 1.54) is 6.92 Å². The molecule has 0 aliphatic heterocycles. The first-order chi connectivity index (χ1) is 7.49. The maximum Gasteiger partial charge on any atom is 0.227 e. The Morgan fingerprint density at radius 3 is 2.50 bits per heavy atom. The van der Waals surface area contributed by atoms with Crippen LogP contribution in [0.2, 0.25) is 5.02 Å². The Hall–Kier alpha value is -1.62. The minimum absolute atomic E-state index is 0.304. The molecule has 5 nitrogen and oxygen atoms in total. The van der Waals surface area contributed by atoms with Gasteiger partial charge in [-0.2, -0.15) is 0 Å². The first kappa shape index (κ1) is 12.4. The molecule has 6 heteroatoms. The molecule has 0 fully saturated rings. The number of hydrogen-bond donors (Lipinski definition) is 1. The van der Waals surface area contributed by atoms with Crippen molar-refractivity contribution in [1.82, 2.24) is 5.32 Å². The van der Waals surface area contributed by atoms with Gasteiger partial charge in [0.2, 0.25) is 12.5 Å². The van der Waals surface area contributed by atoms with Crippen molar-refractivity contribution < 1.29 is 9.72 Å². The summed E-state index contributed by atoms with van der Waals surface area (Å²) in [6, 6.07) is 5.96. The molecule has 1 rings (SSSR count). The van der Waals surface area contributed by atoms with E-state index in [-0.39, 0.29) is 12.5 Å². The zero-order valence-corrected chi connectivity index (χ0v) is 9.40. The molecule has 1 N–H and O–H groups in total. The van der Waals surface area contributed by atoms with Gasteiger partial charge in [0.05, 0.1) is 0 Å². The first-order valence-corrected chi connectivity index (χ1v) is 5.01. The molecule has 0 radical (unpaired) electrons. The van der Waals surface area contributed by atoms with Crippen LogP contribution >= 0.6 is 11.6 Å². The van der Waals surface area contributed by atoms with Crippen LogP contribution in [-0.2, 0) is 4.79 Å². The predicted octanol–water partition coefficient (Wildman–Crippen LogP) is 1.79. The number of hydrogen-bond acceptors (Lipinski definition) is 3. The van der Waals surface area contributed by atoms with E-state index in [1.54, 1.807) is 24.3 Å². The van der Waals surface area contributed by atoms with Crippen LogP contribution in [0.4, 0.5) is 0 Å². The number of amides is 1. The van der Waals surface area contributed by atoms with Gasteiger partial charge in [-0.25, -0.2) is 0 Å². The summed E-state index contributed by atoms with van der Waals surface area (Å²) < 4.78 is 0. The van der Waals surface area contributed by atoms with E-state index in [0.717, 1.165) is 0 Å². The van der Waals surface area contributed by atoms with Crippen LogP contribution in [0.3, 0.4) is 0 Å². The van der Waals surface area contributed by atoms with Crippen LogP contribution in [0.1, 0.15) is 18.5 Å². The maximum absolute atomic E-state index is 10.9. The lowest BCUT2D eigenvalue weighted by atomic mass is 10.1. The lowest BCUT2D eigenvalue weighted by molar-refractivity contribution is -0.484. The minimum atomic E-state index is -0.621. The SMILES string of the molecule is CC(=O)N[C@@H](C[N+](=O)[O-])c1ccc(Cl)cc1. The average molecular weight is 243 g/mol. The Morgan fingerprint density at radius 2 is 2.06 bits per heavy atom. The van der Waals surface area contributed by atoms with Gasteiger partial charge < -0.3 is 5.32 Å². The van der Waals surface area contributed by atoms with Gasteiger partial charge in [-0.3, -0.25) is 14.9 Å². The number of carbonyl (C=O) groups excluding carboxylic acids is 1. The second-order valence-electron chi connectivity index (χ2n) is 3.32. The van der Waals surface area contributed by atoms with Gasteiger partial charge in [0.1, 0.15) is 6.04 Å².